The van der Waals surface area contributed by atoms with E-state index in [2.05, 4.69) is 31.9 Å². The van der Waals surface area contributed by atoms with Crippen LogP contribution in [0.3, 0.4) is 0 Å². The van der Waals surface area contributed by atoms with Crippen LogP contribution in [0.25, 0.3) is 0 Å². The number of Topliss-reactive ketones (excluding diaryl/α,β-unsaturated/α-hetero) is 1. The summed E-state index contributed by atoms with van der Waals surface area (Å²) in [6, 6.07) is 7.84. The predicted molar refractivity (Wildman–Crippen MR) is 64.3 cm³/mol. The lowest BCUT2D eigenvalue weighted by Crippen LogP contribution is -2.23. The van der Waals surface area contributed by atoms with Crippen LogP contribution in [0.5, 0.6) is 0 Å². The molecule has 1 aliphatic carbocycles. The second-order valence-corrected chi connectivity index (χ2v) is 7.32. The van der Waals surface area contributed by atoms with Crippen molar-refractivity contribution < 1.29 is 4.79 Å². The van der Waals surface area contributed by atoms with E-state index < -0.39 is 3.23 Å². The Hall–Kier alpha value is -0.150. The van der Waals surface area contributed by atoms with Crippen LogP contribution in [0, 0.1) is 0 Å². The van der Waals surface area contributed by atoms with Crippen LogP contribution in [0.4, 0.5) is 0 Å². The van der Waals surface area contributed by atoms with Crippen LogP contribution in [-0.2, 0) is 6.42 Å². The zero-order valence-corrected chi connectivity index (χ0v) is 10.8. The van der Waals surface area contributed by atoms with E-state index in [1.54, 1.807) is 0 Å². The van der Waals surface area contributed by atoms with Crippen LogP contribution in [0.2, 0.25) is 0 Å². The highest BCUT2D eigenvalue weighted by molar-refractivity contribution is 9.25. The highest BCUT2D eigenvalue weighted by Crippen LogP contribution is 2.38. The summed E-state index contributed by atoms with van der Waals surface area (Å²) in [5.41, 5.74) is 2.01. The van der Waals surface area contributed by atoms with E-state index >= 15 is 0 Å². The lowest BCUT2D eigenvalue weighted by molar-refractivity contribution is 0.0982. The lowest BCUT2D eigenvalue weighted by atomic mass is 10.0. The molecule has 0 bridgehead atoms. The molecule has 14 heavy (non-hydrogen) atoms. The quantitative estimate of drug-likeness (QED) is 0.527. The van der Waals surface area contributed by atoms with Gasteiger partial charge in [-0.2, -0.15) is 0 Å². The molecule has 0 N–H and O–H groups in total. The van der Waals surface area contributed by atoms with Gasteiger partial charge in [-0.15, -0.1) is 0 Å². The first-order valence-corrected chi connectivity index (χ1v) is 6.20. The van der Waals surface area contributed by atoms with Crippen molar-refractivity contribution in [2.75, 3.05) is 0 Å². The molecule has 0 radical (unpaired) electrons. The van der Waals surface area contributed by atoms with Gasteiger partial charge in [0.1, 0.15) is 3.23 Å². The van der Waals surface area contributed by atoms with Gasteiger partial charge in [0.25, 0.3) is 0 Å². The van der Waals surface area contributed by atoms with E-state index in [1.165, 1.54) is 5.56 Å². The van der Waals surface area contributed by atoms with E-state index in [1.807, 2.05) is 24.3 Å². The first-order chi connectivity index (χ1) is 6.61. The minimum absolute atomic E-state index is 0.144. The van der Waals surface area contributed by atoms with E-state index in [0.29, 0.717) is 0 Å². The Morgan fingerprint density at radius 3 is 2.71 bits per heavy atom. The third-order valence-corrected chi connectivity index (χ3v) is 4.04. The summed E-state index contributed by atoms with van der Waals surface area (Å²) >= 11 is 6.89. The monoisotopic (exact) mass is 316 g/mol. The average molecular weight is 318 g/mol. The second kappa shape index (κ2) is 3.78. The Morgan fingerprint density at radius 2 is 1.93 bits per heavy atom. The molecule has 0 unspecified atom stereocenters. The Balaban J connectivity index is 2.51. The Kier molecular flexibility index (Phi) is 2.80. The predicted octanol–water partition coefficient (Wildman–Crippen LogP) is 3.69. The SMILES string of the molecule is O=C1c2ccccc2CCCC1(Br)Br. The molecule has 1 aliphatic rings. The van der Waals surface area contributed by atoms with Gasteiger partial charge in [-0.25, -0.2) is 0 Å². The van der Waals surface area contributed by atoms with Crippen molar-refractivity contribution in [3.8, 4) is 0 Å². The number of hydrogen-bond donors (Lipinski definition) is 0. The first kappa shape index (κ1) is 10.4. The second-order valence-electron chi connectivity index (χ2n) is 3.54. The summed E-state index contributed by atoms with van der Waals surface area (Å²) < 4.78 is -0.549. The van der Waals surface area contributed by atoms with Gasteiger partial charge in [0.05, 0.1) is 0 Å². The van der Waals surface area contributed by atoms with Crippen molar-refractivity contribution in [3.63, 3.8) is 0 Å². The number of aryl methyl sites for hydroxylation is 1. The van der Waals surface area contributed by atoms with Gasteiger partial charge in [-0.3, -0.25) is 4.79 Å². The van der Waals surface area contributed by atoms with E-state index in [-0.39, 0.29) is 5.78 Å². The Morgan fingerprint density at radius 1 is 1.21 bits per heavy atom. The van der Waals surface area contributed by atoms with Gasteiger partial charge in [-0.1, -0.05) is 56.1 Å². The number of rotatable bonds is 0. The number of fused-ring (bicyclic) bond motifs is 1. The number of carbonyl (C=O) groups is 1. The minimum atomic E-state index is -0.549. The third-order valence-electron chi connectivity index (χ3n) is 2.53. The number of benzene rings is 1. The first-order valence-electron chi connectivity index (χ1n) is 4.62. The molecule has 0 atom stereocenters. The summed E-state index contributed by atoms with van der Waals surface area (Å²) in [6.07, 6.45) is 2.85. The average Bonchev–Trinajstić information content (AvgIpc) is 2.27. The smallest absolute Gasteiger partial charge is 0.190 e. The highest BCUT2D eigenvalue weighted by Gasteiger charge is 2.35. The summed E-state index contributed by atoms with van der Waals surface area (Å²) in [5, 5.41) is 0. The van der Waals surface area contributed by atoms with Gasteiger partial charge in [0.2, 0.25) is 0 Å². The van der Waals surface area contributed by atoms with Crippen molar-refractivity contribution >= 4 is 37.6 Å². The van der Waals surface area contributed by atoms with Gasteiger partial charge in [0, 0.05) is 5.56 Å². The maximum atomic E-state index is 12.1. The summed E-state index contributed by atoms with van der Waals surface area (Å²) in [4.78, 5) is 12.1. The molecule has 2 rings (SSSR count). The van der Waals surface area contributed by atoms with Crippen molar-refractivity contribution in [1.29, 1.82) is 0 Å². The number of alkyl halides is 2. The largest absolute Gasteiger partial charge is 0.292 e. The van der Waals surface area contributed by atoms with Crippen molar-refractivity contribution in [2.45, 2.75) is 22.5 Å². The molecule has 0 aliphatic heterocycles. The van der Waals surface area contributed by atoms with Gasteiger partial charge < -0.3 is 0 Å². The zero-order chi connectivity index (χ0) is 10.2. The molecule has 74 valence electrons. The number of ketones is 1. The molecule has 0 aromatic heterocycles. The molecule has 0 spiro atoms. The van der Waals surface area contributed by atoms with Gasteiger partial charge in [-0.05, 0) is 24.8 Å². The van der Waals surface area contributed by atoms with Crippen LogP contribution >= 0.6 is 31.9 Å². The molecular weight excluding hydrogens is 308 g/mol. The number of carbonyl (C=O) groups excluding carboxylic acids is 1. The molecule has 1 aromatic carbocycles. The molecular formula is C11H10Br2O. The maximum absolute atomic E-state index is 12.1. The molecule has 0 fully saturated rings. The van der Waals surface area contributed by atoms with Crippen molar-refractivity contribution in [1.82, 2.24) is 0 Å². The molecule has 3 heteroatoms. The van der Waals surface area contributed by atoms with Crippen LogP contribution < -0.4 is 0 Å². The lowest BCUT2D eigenvalue weighted by Gasteiger charge is -2.15. The molecule has 1 nitrogen and oxygen atoms in total. The summed E-state index contributed by atoms with van der Waals surface area (Å²) in [5.74, 6) is 0.144. The molecule has 1 aromatic rings. The summed E-state index contributed by atoms with van der Waals surface area (Å²) in [7, 11) is 0. The standard InChI is InChI=1S/C11H10Br2O/c12-11(13)7-3-5-8-4-1-2-6-9(8)10(11)14/h1-2,4,6H,3,5,7H2. The molecule has 0 amide bonds. The van der Waals surface area contributed by atoms with E-state index in [9.17, 15) is 4.79 Å². The topological polar surface area (TPSA) is 17.1 Å². The van der Waals surface area contributed by atoms with Crippen LogP contribution in [0.15, 0.2) is 24.3 Å². The van der Waals surface area contributed by atoms with Crippen molar-refractivity contribution in [3.05, 3.63) is 35.4 Å². The zero-order valence-electron chi connectivity index (χ0n) is 7.59. The molecule has 0 saturated carbocycles. The van der Waals surface area contributed by atoms with Gasteiger partial charge in [0.15, 0.2) is 5.78 Å². The van der Waals surface area contributed by atoms with E-state index in [4.69, 9.17) is 0 Å². The molecule has 0 heterocycles. The van der Waals surface area contributed by atoms with Crippen LogP contribution in [0.1, 0.15) is 28.8 Å². The fraction of sp³-hybridized carbons (Fsp3) is 0.364. The highest BCUT2D eigenvalue weighted by atomic mass is 79.9. The van der Waals surface area contributed by atoms with Crippen LogP contribution in [-0.4, -0.2) is 9.02 Å². The third kappa shape index (κ3) is 1.80. The Labute approximate surface area is 100 Å². The maximum Gasteiger partial charge on any atom is 0.190 e. The minimum Gasteiger partial charge on any atom is -0.292 e. The van der Waals surface area contributed by atoms with Crippen molar-refractivity contribution in [2.24, 2.45) is 0 Å². The molecule has 0 saturated heterocycles. The summed E-state index contributed by atoms with van der Waals surface area (Å²) in [6.45, 7) is 0. The number of hydrogen-bond acceptors (Lipinski definition) is 1. The van der Waals surface area contributed by atoms with E-state index in [0.717, 1.165) is 24.8 Å². The normalized spacial score (nSPS) is 20.0. The number of halogens is 2. The van der Waals surface area contributed by atoms with Gasteiger partial charge >= 0.3 is 0 Å². The fourth-order valence-electron chi connectivity index (χ4n) is 1.77. The fourth-order valence-corrected chi connectivity index (χ4v) is 2.76. The Bertz CT molecular complexity index is 371.